The summed E-state index contributed by atoms with van der Waals surface area (Å²) in [5, 5.41) is 11.3. The Balaban J connectivity index is 1.99. The zero-order chi connectivity index (χ0) is 22.4. The van der Waals surface area contributed by atoms with Crippen LogP contribution in [0.1, 0.15) is 45.4 Å². The number of anilines is 1. The maximum absolute atomic E-state index is 13.2. The molecule has 1 fully saturated rings. The topological polar surface area (TPSA) is 70.8 Å². The molecule has 1 aliphatic heterocycles. The molecule has 2 heterocycles. The minimum atomic E-state index is -0.852. The molecule has 0 radical (unpaired) electrons. The zero-order valence-electron chi connectivity index (χ0n) is 18.3. The lowest BCUT2D eigenvalue weighted by molar-refractivity contribution is -0.132. The molecule has 1 N–H and O–H groups in total. The maximum Gasteiger partial charge on any atom is 0.300 e. The molecule has 1 amide bonds. The van der Waals surface area contributed by atoms with Gasteiger partial charge < -0.3 is 9.52 Å². The van der Waals surface area contributed by atoms with Gasteiger partial charge in [-0.2, -0.15) is 0 Å². The molecule has 0 spiro atoms. The highest BCUT2D eigenvalue weighted by Crippen LogP contribution is 2.43. The van der Waals surface area contributed by atoms with Gasteiger partial charge in [0.15, 0.2) is 0 Å². The molecule has 1 unspecified atom stereocenters. The average Bonchev–Trinajstić information content (AvgIpc) is 3.24. The van der Waals surface area contributed by atoms with Crippen LogP contribution in [0.2, 0.25) is 0 Å². The minimum absolute atomic E-state index is 0.0345. The molecule has 0 aliphatic carbocycles. The first-order valence-corrected chi connectivity index (χ1v) is 10.2. The van der Waals surface area contributed by atoms with Crippen LogP contribution in [0.3, 0.4) is 0 Å². The number of carbonyl (C=O) groups is 2. The Morgan fingerprint density at radius 1 is 0.871 bits per heavy atom. The van der Waals surface area contributed by atoms with E-state index < -0.39 is 17.7 Å². The Labute approximate surface area is 181 Å². The number of hydrogen-bond acceptors (Lipinski definition) is 4. The second-order valence-corrected chi connectivity index (χ2v) is 8.28. The molecule has 158 valence electrons. The third-order valence-corrected chi connectivity index (χ3v) is 5.61. The average molecular weight is 415 g/mol. The van der Waals surface area contributed by atoms with Crippen molar-refractivity contribution in [3.8, 4) is 0 Å². The summed E-state index contributed by atoms with van der Waals surface area (Å²) in [6.45, 7) is 9.46. The number of benzene rings is 2. The van der Waals surface area contributed by atoms with Gasteiger partial charge in [0.2, 0.25) is 0 Å². The van der Waals surface area contributed by atoms with E-state index in [0.29, 0.717) is 22.8 Å². The van der Waals surface area contributed by atoms with E-state index in [9.17, 15) is 14.7 Å². The van der Waals surface area contributed by atoms with Crippen molar-refractivity contribution in [1.29, 1.82) is 0 Å². The third-order valence-electron chi connectivity index (χ3n) is 5.61. The van der Waals surface area contributed by atoms with Gasteiger partial charge in [-0.3, -0.25) is 14.5 Å². The van der Waals surface area contributed by atoms with Crippen molar-refractivity contribution in [3.05, 3.63) is 93.4 Å². The summed E-state index contributed by atoms with van der Waals surface area (Å²) < 4.78 is 5.86. The molecule has 1 aliphatic rings. The molecule has 1 saturated heterocycles. The minimum Gasteiger partial charge on any atom is -0.507 e. The van der Waals surface area contributed by atoms with E-state index in [4.69, 9.17) is 4.42 Å². The summed E-state index contributed by atoms with van der Waals surface area (Å²) in [4.78, 5) is 27.8. The lowest BCUT2D eigenvalue weighted by Crippen LogP contribution is -2.29. The van der Waals surface area contributed by atoms with E-state index in [1.807, 2.05) is 64.1 Å². The van der Waals surface area contributed by atoms with Gasteiger partial charge >= 0.3 is 0 Å². The monoisotopic (exact) mass is 415 g/mol. The number of aliphatic hydroxyl groups is 1. The fourth-order valence-electron chi connectivity index (χ4n) is 4.19. The van der Waals surface area contributed by atoms with Gasteiger partial charge in [0.1, 0.15) is 23.3 Å². The first-order valence-electron chi connectivity index (χ1n) is 10.2. The SMILES string of the molecule is Cc1cc(C)cc(N2C(=O)C(=O)/C(=C(\O)c3cc(C)ccc3C)C2c2ccc(C)o2)c1. The van der Waals surface area contributed by atoms with Crippen LogP contribution >= 0.6 is 0 Å². The standard InChI is InChI=1S/C26H25NO4/c1-14-6-7-17(4)20(13-14)24(28)22-23(21-9-8-18(5)31-21)27(26(30)25(22)29)19-11-15(2)10-16(3)12-19/h6-13,23,28H,1-5H3/b24-22-. The largest absolute Gasteiger partial charge is 0.507 e. The first-order chi connectivity index (χ1) is 14.7. The summed E-state index contributed by atoms with van der Waals surface area (Å²) >= 11 is 0. The van der Waals surface area contributed by atoms with E-state index in [-0.39, 0.29) is 11.3 Å². The first kappa shape index (κ1) is 20.7. The van der Waals surface area contributed by atoms with Crippen LogP contribution in [0.25, 0.3) is 5.76 Å². The van der Waals surface area contributed by atoms with Gasteiger partial charge in [-0.25, -0.2) is 0 Å². The van der Waals surface area contributed by atoms with Crippen molar-refractivity contribution in [3.63, 3.8) is 0 Å². The number of nitrogens with zero attached hydrogens (tertiary/aromatic N) is 1. The summed E-state index contributed by atoms with van der Waals surface area (Å²) in [5.74, 6) is -0.506. The molecule has 4 rings (SSSR count). The quantitative estimate of drug-likeness (QED) is 0.351. The van der Waals surface area contributed by atoms with Gasteiger partial charge in [0.05, 0.1) is 5.57 Å². The molecule has 0 saturated carbocycles. The third kappa shape index (κ3) is 3.56. The van der Waals surface area contributed by atoms with E-state index in [1.165, 1.54) is 4.90 Å². The second-order valence-electron chi connectivity index (χ2n) is 8.28. The van der Waals surface area contributed by atoms with E-state index in [0.717, 1.165) is 22.3 Å². The van der Waals surface area contributed by atoms with Crippen molar-refractivity contribution < 1.29 is 19.1 Å². The predicted octanol–water partition coefficient (Wildman–Crippen LogP) is 5.45. The molecule has 31 heavy (non-hydrogen) atoms. The number of rotatable bonds is 3. The van der Waals surface area contributed by atoms with E-state index in [1.54, 1.807) is 19.1 Å². The Kier molecular flexibility index (Phi) is 5.05. The fraction of sp³-hybridized carbons (Fsp3) is 0.231. The van der Waals surface area contributed by atoms with Crippen molar-refractivity contribution in [2.45, 2.75) is 40.7 Å². The predicted molar refractivity (Wildman–Crippen MR) is 120 cm³/mol. The molecule has 2 aromatic carbocycles. The van der Waals surface area contributed by atoms with Crippen LogP contribution in [0, 0.1) is 34.6 Å². The van der Waals surface area contributed by atoms with Crippen LogP contribution in [-0.2, 0) is 9.59 Å². The molecule has 1 atom stereocenters. The molecule has 3 aromatic rings. The number of aryl methyl sites for hydroxylation is 5. The van der Waals surface area contributed by atoms with Crippen LogP contribution in [-0.4, -0.2) is 16.8 Å². The zero-order valence-corrected chi connectivity index (χ0v) is 18.3. The normalized spacial score (nSPS) is 18.1. The second kappa shape index (κ2) is 7.58. The van der Waals surface area contributed by atoms with Gasteiger partial charge in [-0.15, -0.1) is 0 Å². The Morgan fingerprint density at radius 2 is 1.55 bits per heavy atom. The molecule has 5 nitrogen and oxygen atoms in total. The van der Waals surface area contributed by atoms with Gasteiger partial charge in [0, 0.05) is 11.3 Å². The van der Waals surface area contributed by atoms with Crippen LogP contribution < -0.4 is 4.90 Å². The van der Waals surface area contributed by atoms with Crippen molar-refractivity contribution in [1.82, 2.24) is 0 Å². The van der Waals surface area contributed by atoms with E-state index in [2.05, 4.69) is 0 Å². The van der Waals surface area contributed by atoms with Crippen molar-refractivity contribution in [2.24, 2.45) is 0 Å². The maximum atomic E-state index is 13.2. The van der Waals surface area contributed by atoms with Gasteiger partial charge in [0.25, 0.3) is 11.7 Å². The van der Waals surface area contributed by atoms with Crippen LogP contribution in [0.5, 0.6) is 0 Å². The summed E-state index contributed by atoms with van der Waals surface area (Å²) in [6, 6.07) is 14.0. The number of ketones is 1. The fourth-order valence-corrected chi connectivity index (χ4v) is 4.19. The molecular formula is C26H25NO4. The van der Waals surface area contributed by atoms with E-state index >= 15 is 0 Å². The molecular weight excluding hydrogens is 390 g/mol. The Hall–Kier alpha value is -3.60. The lowest BCUT2D eigenvalue weighted by Gasteiger charge is -2.24. The number of hydrogen-bond donors (Lipinski definition) is 1. The summed E-state index contributed by atoms with van der Waals surface area (Å²) in [6.07, 6.45) is 0. The van der Waals surface area contributed by atoms with Crippen LogP contribution in [0.15, 0.2) is 58.5 Å². The van der Waals surface area contributed by atoms with Gasteiger partial charge in [-0.05, 0) is 81.6 Å². The van der Waals surface area contributed by atoms with Crippen molar-refractivity contribution in [2.75, 3.05) is 4.90 Å². The van der Waals surface area contributed by atoms with Gasteiger partial charge in [-0.1, -0.05) is 23.8 Å². The van der Waals surface area contributed by atoms with Crippen molar-refractivity contribution >= 4 is 23.1 Å². The number of furan rings is 1. The Morgan fingerprint density at radius 3 is 2.16 bits per heavy atom. The number of carbonyl (C=O) groups excluding carboxylic acids is 2. The number of Topliss-reactive ketones (excluding diaryl/α,β-unsaturated/α-hetero) is 1. The number of aliphatic hydroxyl groups excluding tert-OH is 1. The highest BCUT2D eigenvalue weighted by atomic mass is 16.3. The molecule has 0 bridgehead atoms. The highest BCUT2D eigenvalue weighted by molar-refractivity contribution is 6.51. The molecule has 1 aromatic heterocycles. The number of amides is 1. The lowest BCUT2D eigenvalue weighted by atomic mass is 9.96. The highest BCUT2D eigenvalue weighted by Gasteiger charge is 2.48. The van der Waals surface area contributed by atoms with Crippen LogP contribution in [0.4, 0.5) is 5.69 Å². The summed E-state index contributed by atoms with van der Waals surface area (Å²) in [7, 11) is 0. The smallest absolute Gasteiger partial charge is 0.300 e. The molecule has 5 heteroatoms. The Bertz CT molecular complexity index is 1230. The summed E-state index contributed by atoms with van der Waals surface area (Å²) in [5.41, 5.74) is 4.87.